The summed E-state index contributed by atoms with van der Waals surface area (Å²) in [7, 11) is 1.50. The highest BCUT2D eigenvalue weighted by Gasteiger charge is 2.34. The third-order valence-electron chi connectivity index (χ3n) is 3.63. The fourth-order valence-corrected chi connectivity index (χ4v) is 2.73. The molecule has 3 amide bonds. The second kappa shape index (κ2) is 7.45. The molecule has 8 heteroatoms. The van der Waals surface area contributed by atoms with Crippen LogP contribution in [-0.2, 0) is 9.59 Å². The highest BCUT2D eigenvalue weighted by Crippen LogP contribution is 2.24. The van der Waals surface area contributed by atoms with Crippen LogP contribution in [0.3, 0.4) is 0 Å². The van der Waals surface area contributed by atoms with E-state index >= 15 is 0 Å². The van der Waals surface area contributed by atoms with E-state index in [0.29, 0.717) is 13.0 Å². The zero-order valence-corrected chi connectivity index (χ0v) is 14.2. The number of urea groups is 1. The molecule has 7 nitrogen and oxygen atoms in total. The number of amides is 3. The first kappa shape index (κ1) is 17.3. The van der Waals surface area contributed by atoms with E-state index in [-0.39, 0.29) is 18.9 Å². The van der Waals surface area contributed by atoms with Gasteiger partial charge in [0.25, 0.3) is 0 Å². The number of benzene rings is 1. The number of halogens is 1. The molecule has 1 heterocycles. The first-order chi connectivity index (χ1) is 10.9. The Kier molecular flexibility index (Phi) is 5.59. The first-order valence-corrected chi connectivity index (χ1v) is 7.98. The lowest BCUT2D eigenvalue weighted by Gasteiger charge is -2.21. The van der Waals surface area contributed by atoms with E-state index in [9.17, 15) is 14.4 Å². The van der Waals surface area contributed by atoms with Crippen LogP contribution in [0.15, 0.2) is 28.7 Å². The molecular formula is C15H18BrN3O4. The van der Waals surface area contributed by atoms with Crippen LogP contribution in [0.4, 0.5) is 10.5 Å². The minimum Gasteiger partial charge on any atom is -0.481 e. The van der Waals surface area contributed by atoms with E-state index in [0.717, 1.165) is 10.2 Å². The van der Waals surface area contributed by atoms with Crippen molar-refractivity contribution in [1.82, 2.24) is 10.2 Å². The summed E-state index contributed by atoms with van der Waals surface area (Å²) in [6.07, 6.45) is 0.385. The zero-order chi connectivity index (χ0) is 17.0. The summed E-state index contributed by atoms with van der Waals surface area (Å²) >= 11 is 3.37. The zero-order valence-electron chi connectivity index (χ0n) is 12.7. The monoisotopic (exact) mass is 383 g/mol. The van der Waals surface area contributed by atoms with E-state index in [1.165, 1.54) is 11.9 Å². The van der Waals surface area contributed by atoms with Crippen LogP contribution >= 0.6 is 15.9 Å². The quantitative estimate of drug-likeness (QED) is 0.808. The van der Waals surface area contributed by atoms with Gasteiger partial charge in [0, 0.05) is 30.3 Å². The topological polar surface area (TPSA) is 89.9 Å². The Morgan fingerprint density at radius 3 is 2.87 bits per heavy atom. The maximum atomic E-state index is 12.4. The van der Waals surface area contributed by atoms with Crippen molar-refractivity contribution < 1.29 is 19.5 Å². The van der Waals surface area contributed by atoms with Crippen molar-refractivity contribution in [2.45, 2.75) is 18.9 Å². The lowest BCUT2D eigenvalue weighted by Crippen LogP contribution is -2.47. The molecule has 2 rings (SSSR count). The minimum absolute atomic E-state index is 0.0947. The van der Waals surface area contributed by atoms with Crippen LogP contribution in [0.25, 0.3) is 0 Å². The highest BCUT2D eigenvalue weighted by atomic mass is 79.9. The fraction of sp³-hybridized carbons (Fsp3) is 0.400. The number of anilines is 1. The van der Waals surface area contributed by atoms with E-state index in [4.69, 9.17) is 5.11 Å². The molecule has 0 saturated carbocycles. The van der Waals surface area contributed by atoms with E-state index < -0.39 is 18.0 Å². The van der Waals surface area contributed by atoms with Crippen molar-refractivity contribution in [1.29, 1.82) is 0 Å². The highest BCUT2D eigenvalue weighted by molar-refractivity contribution is 9.10. The van der Waals surface area contributed by atoms with E-state index in [1.807, 2.05) is 24.3 Å². The SMILES string of the molecule is CN(CCC(=O)O)C(=O)NC1CCN(c2cccc(Br)c2)C1=O. The Bertz CT molecular complexity index is 622. The van der Waals surface area contributed by atoms with Crippen LogP contribution in [0, 0.1) is 0 Å². The summed E-state index contributed by atoms with van der Waals surface area (Å²) in [6.45, 7) is 0.622. The summed E-state index contributed by atoms with van der Waals surface area (Å²) < 4.78 is 0.878. The lowest BCUT2D eigenvalue weighted by molar-refractivity contribution is -0.137. The van der Waals surface area contributed by atoms with Gasteiger partial charge in [-0.05, 0) is 24.6 Å². The number of aliphatic carboxylic acids is 1. The van der Waals surface area contributed by atoms with Gasteiger partial charge in [-0.15, -0.1) is 0 Å². The van der Waals surface area contributed by atoms with Crippen LogP contribution in [0.2, 0.25) is 0 Å². The number of carbonyl (C=O) groups excluding carboxylic acids is 2. The number of nitrogens with one attached hydrogen (secondary N) is 1. The molecule has 1 fully saturated rings. The third-order valence-corrected chi connectivity index (χ3v) is 4.12. The number of rotatable bonds is 5. The van der Waals surface area contributed by atoms with Crippen molar-refractivity contribution in [3.05, 3.63) is 28.7 Å². The van der Waals surface area contributed by atoms with Crippen molar-refractivity contribution in [3.63, 3.8) is 0 Å². The van der Waals surface area contributed by atoms with Gasteiger partial charge in [0.15, 0.2) is 0 Å². The largest absolute Gasteiger partial charge is 0.481 e. The van der Waals surface area contributed by atoms with Gasteiger partial charge in [0.2, 0.25) is 5.91 Å². The standard InChI is InChI=1S/C15H18BrN3O4/c1-18(7-6-13(20)21)15(23)17-12-5-8-19(14(12)22)11-4-2-3-10(16)9-11/h2-4,9,12H,5-8H2,1H3,(H,17,23)(H,20,21). The number of nitrogens with zero attached hydrogens (tertiary/aromatic N) is 2. The second-order valence-electron chi connectivity index (χ2n) is 5.33. The van der Waals surface area contributed by atoms with Gasteiger partial charge in [-0.1, -0.05) is 22.0 Å². The third kappa shape index (κ3) is 4.44. The summed E-state index contributed by atoms with van der Waals surface area (Å²) in [4.78, 5) is 37.8. The molecule has 1 atom stereocenters. The number of carboxylic acid groups (broad SMARTS) is 1. The van der Waals surface area contributed by atoms with Crippen molar-refractivity contribution in [2.24, 2.45) is 0 Å². The molecule has 0 aromatic heterocycles. The molecule has 2 N–H and O–H groups in total. The average molecular weight is 384 g/mol. The summed E-state index contributed by atoms with van der Waals surface area (Å²) in [5, 5.41) is 11.3. The van der Waals surface area contributed by atoms with Crippen molar-refractivity contribution in [2.75, 3.05) is 25.0 Å². The maximum Gasteiger partial charge on any atom is 0.317 e. The Hall–Kier alpha value is -2.09. The molecule has 0 radical (unpaired) electrons. The molecule has 1 aromatic carbocycles. The number of hydrogen-bond acceptors (Lipinski definition) is 3. The smallest absolute Gasteiger partial charge is 0.317 e. The molecule has 1 aliphatic heterocycles. The maximum absolute atomic E-state index is 12.4. The summed E-state index contributed by atoms with van der Waals surface area (Å²) in [5.74, 6) is -1.13. The Morgan fingerprint density at radius 1 is 1.48 bits per heavy atom. The van der Waals surface area contributed by atoms with Crippen LogP contribution in [0.1, 0.15) is 12.8 Å². The lowest BCUT2D eigenvalue weighted by atomic mass is 10.2. The molecular weight excluding hydrogens is 366 g/mol. The normalized spacial score (nSPS) is 17.2. The Labute approximate surface area is 142 Å². The van der Waals surface area contributed by atoms with Gasteiger partial charge in [0.05, 0.1) is 6.42 Å². The molecule has 1 aliphatic rings. The number of carboxylic acids is 1. The first-order valence-electron chi connectivity index (χ1n) is 7.19. The average Bonchev–Trinajstić information content (AvgIpc) is 2.85. The van der Waals surface area contributed by atoms with Crippen LogP contribution in [0.5, 0.6) is 0 Å². The van der Waals surface area contributed by atoms with Gasteiger partial charge in [-0.3, -0.25) is 9.59 Å². The Balaban J connectivity index is 1.94. The van der Waals surface area contributed by atoms with Crippen LogP contribution in [-0.4, -0.2) is 54.1 Å². The predicted molar refractivity (Wildman–Crippen MR) is 88.3 cm³/mol. The molecule has 0 spiro atoms. The van der Waals surface area contributed by atoms with Gasteiger partial charge in [-0.25, -0.2) is 4.79 Å². The van der Waals surface area contributed by atoms with E-state index in [2.05, 4.69) is 21.2 Å². The molecule has 1 aromatic rings. The molecule has 1 unspecified atom stereocenters. The van der Waals surface area contributed by atoms with Gasteiger partial charge in [-0.2, -0.15) is 0 Å². The molecule has 0 aliphatic carbocycles. The van der Waals surface area contributed by atoms with E-state index in [1.54, 1.807) is 4.90 Å². The van der Waals surface area contributed by atoms with Crippen LogP contribution < -0.4 is 10.2 Å². The van der Waals surface area contributed by atoms with Gasteiger partial charge in [0.1, 0.15) is 6.04 Å². The molecule has 1 saturated heterocycles. The van der Waals surface area contributed by atoms with Crippen molar-refractivity contribution in [3.8, 4) is 0 Å². The van der Waals surface area contributed by atoms with Gasteiger partial charge >= 0.3 is 12.0 Å². The summed E-state index contributed by atoms with van der Waals surface area (Å²) in [5.41, 5.74) is 0.778. The molecule has 124 valence electrons. The predicted octanol–water partition coefficient (Wildman–Crippen LogP) is 1.67. The Morgan fingerprint density at radius 2 is 2.22 bits per heavy atom. The number of carbonyl (C=O) groups is 3. The number of hydrogen-bond donors (Lipinski definition) is 2. The minimum atomic E-state index is -0.970. The second-order valence-corrected chi connectivity index (χ2v) is 6.24. The van der Waals surface area contributed by atoms with Crippen molar-refractivity contribution >= 4 is 39.5 Å². The fourth-order valence-electron chi connectivity index (χ4n) is 2.34. The summed E-state index contributed by atoms with van der Waals surface area (Å²) in [6, 6.07) is 6.38. The van der Waals surface area contributed by atoms with Gasteiger partial charge < -0.3 is 20.2 Å². The molecule has 23 heavy (non-hydrogen) atoms. The molecule has 0 bridgehead atoms.